The van der Waals surface area contributed by atoms with Gasteiger partial charge in [0.15, 0.2) is 0 Å². The van der Waals surface area contributed by atoms with Crippen molar-refractivity contribution in [2.75, 3.05) is 6.54 Å². The predicted octanol–water partition coefficient (Wildman–Crippen LogP) is 3.65. The summed E-state index contributed by atoms with van der Waals surface area (Å²) in [6, 6.07) is 11.9. The lowest BCUT2D eigenvalue weighted by Gasteiger charge is -2.26. The Kier molecular flexibility index (Phi) is 4.31. The van der Waals surface area contributed by atoms with Gasteiger partial charge in [0.25, 0.3) is 11.5 Å². The highest BCUT2D eigenvalue weighted by Gasteiger charge is 2.31. The van der Waals surface area contributed by atoms with E-state index in [1.807, 2.05) is 4.90 Å². The number of carbonyl (C=O) groups excluding carboxylic acids is 1. The minimum Gasteiger partial charge on any atom is -0.331 e. The summed E-state index contributed by atoms with van der Waals surface area (Å²) in [4.78, 5) is 29.1. The van der Waals surface area contributed by atoms with Crippen LogP contribution in [0.2, 0.25) is 0 Å². The first kappa shape index (κ1) is 16.5. The lowest BCUT2D eigenvalue weighted by molar-refractivity contribution is 0.0734. The summed E-state index contributed by atoms with van der Waals surface area (Å²) in [5.41, 5.74) is 2.43. The van der Waals surface area contributed by atoms with Gasteiger partial charge >= 0.3 is 0 Å². The molecule has 126 valence electrons. The van der Waals surface area contributed by atoms with Crippen LogP contribution in [0.1, 0.15) is 61.1 Å². The first-order valence-corrected chi connectivity index (χ1v) is 8.47. The van der Waals surface area contributed by atoms with Crippen LogP contribution >= 0.6 is 0 Å². The molecule has 0 radical (unpaired) electrons. The minimum atomic E-state index is -0.323. The second kappa shape index (κ2) is 6.27. The number of aromatic nitrogens is 1. The number of pyridine rings is 1. The fraction of sp³-hybridized carbons (Fsp3) is 0.400. The van der Waals surface area contributed by atoms with E-state index in [0.717, 1.165) is 18.4 Å². The molecular weight excluding hydrogens is 300 g/mol. The summed E-state index contributed by atoms with van der Waals surface area (Å²) in [6.07, 6.45) is 3.44. The van der Waals surface area contributed by atoms with Crippen molar-refractivity contribution >= 4 is 5.91 Å². The monoisotopic (exact) mass is 324 g/mol. The number of benzene rings is 1. The van der Waals surface area contributed by atoms with Crippen molar-refractivity contribution in [1.29, 1.82) is 0 Å². The Labute approximate surface area is 142 Å². The molecule has 1 aromatic heterocycles. The molecular formula is C20H24N2O2. The van der Waals surface area contributed by atoms with E-state index in [-0.39, 0.29) is 28.5 Å². The molecule has 1 N–H and O–H groups in total. The number of nitrogens with one attached hydrogen (secondary N) is 1. The van der Waals surface area contributed by atoms with Crippen molar-refractivity contribution < 1.29 is 4.79 Å². The van der Waals surface area contributed by atoms with E-state index in [4.69, 9.17) is 0 Å². The Morgan fingerprint density at radius 2 is 1.88 bits per heavy atom. The number of hydrogen-bond acceptors (Lipinski definition) is 2. The van der Waals surface area contributed by atoms with Crippen molar-refractivity contribution in [3.63, 3.8) is 0 Å². The number of likely N-dealkylation sites (tertiary alicyclic amines) is 1. The van der Waals surface area contributed by atoms with Gasteiger partial charge < -0.3 is 9.88 Å². The van der Waals surface area contributed by atoms with Crippen molar-refractivity contribution in [3.8, 4) is 0 Å². The average Bonchev–Trinajstić information content (AvgIpc) is 3.03. The minimum absolute atomic E-state index is 0.0473. The molecule has 1 aliphatic rings. The van der Waals surface area contributed by atoms with Crippen molar-refractivity contribution in [2.24, 2.45) is 0 Å². The predicted molar refractivity (Wildman–Crippen MR) is 95.2 cm³/mol. The number of carbonyl (C=O) groups is 1. The van der Waals surface area contributed by atoms with Gasteiger partial charge in [-0.25, -0.2) is 0 Å². The number of aromatic amines is 1. The van der Waals surface area contributed by atoms with E-state index in [1.165, 1.54) is 5.56 Å². The maximum absolute atomic E-state index is 12.8. The SMILES string of the molecule is CC(C)(C)c1ccc([C@@H]2CCCN2C(=O)c2ccc[nH]c2=O)cc1. The molecule has 1 saturated heterocycles. The second-order valence-corrected chi connectivity index (χ2v) is 7.44. The molecule has 0 spiro atoms. The summed E-state index contributed by atoms with van der Waals surface area (Å²) < 4.78 is 0. The molecule has 1 aromatic carbocycles. The lowest BCUT2D eigenvalue weighted by atomic mass is 9.86. The van der Waals surface area contributed by atoms with Gasteiger partial charge in [-0.1, -0.05) is 45.0 Å². The van der Waals surface area contributed by atoms with E-state index in [9.17, 15) is 9.59 Å². The van der Waals surface area contributed by atoms with Crippen molar-refractivity contribution in [2.45, 2.75) is 45.1 Å². The zero-order chi connectivity index (χ0) is 17.3. The second-order valence-electron chi connectivity index (χ2n) is 7.44. The Hall–Kier alpha value is -2.36. The fourth-order valence-electron chi connectivity index (χ4n) is 3.31. The number of H-pyrrole nitrogens is 1. The fourth-order valence-corrected chi connectivity index (χ4v) is 3.31. The van der Waals surface area contributed by atoms with Gasteiger partial charge in [0, 0.05) is 12.7 Å². The van der Waals surface area contributed by atoms with Gasteiger partial charge in [-0.05, 0) is 41.5 Å². The van der Waals surface area contributed by atoms with E-state index in [2.05, 4.69) is 50.0 Å². The highest BCUT2D eigenvalue weighted by molar-refractivity contribution is 5.94. The zero-order valence-electron chi connectivity index (χ0n) is 14.5. The first-order chi connectivity index (χ1) is 11.4. The third-order valence-electron chi connectivity index (χ3n) is 4.72. The molecule has 1 amide bonds. The smallest absolute Gasteiger partial charge is 0.260 e. The Morgan fingerprint density at radius 1 is 1.17 bits per heavy atom. The Morgan fingerprint density at radius 3 is 2.50 bits per heavy atom. The summed E-state index contributed by atoms with van der Waals surface area (Å²) in [6.45, 7) is 7.26. The molecule has 0 aliphatic carbocycles. The molecule has 4 nitrogen and oxygen atoms in total. The van der Waals surface area contributed by atoms with E-state index in [1.54, 1.807) is 18.3 Å². The highest BCUT2D eigenvalue weighted by Crippen LogP contribution is 2.34. The third-order valence-corrected chi connectivity index (χ3v) is 4.72. The lowest BCUT2D eigenvalue weighted by Crippen LogP contribution is -2.34. The number of hydrogen-bond donors (Lipinski definition) is 1. The normalized spacial score (nSPS) is 18.0. The number of rotatable bonds is 2. The average molecular weight is 324 g/mol. The number of nitrogens with zero attached hydrogens (tertiary/aromatic N) is 1. The first-order valence-electron chi connectivity index (χ1n) is 8.47. The van der Waals surface area contributed by atoms with Crippen molar-refractivity contribution in [1.82, 2.24) is 9.88 Å². The molecule has 0 bridgehead atoms. The van der Waals surface area contributed by atoms with E-state index < -0.39 is 0 Å². The van der Waals surface area contributed by atoms with Crippen LogP contribution in [0.25, 0.3) is 0 Å². The Bertz CT molecular complexity index is 784. The van der Waals surface area contributed by atoms with Gasteiger partial charge in [-0.3, -0.25) is 9.59 Å². The van der Waals surface area contributed by atoms with E-state index in [0.29, 0.717) is 6.54 Å². The molecule has 2 heterocycles. The highest BCUT2D eigenvalue weighted by atomic mass is 16.2. The van der Waals surface area contributed by atoms with Crippen LogP contribution < -0.4 is 5.56 Å². The van der Waals surface area contributed by atoms with Gasteiger partial charge in [0.2, 0.25) is 0 Å². The molecule has 0 unspecified atom stereocenters. The van der Waals surface area contributed by atoms with Crippen molar-refractivity contribution in [3.05, 3.63) is 69.6 Å². The Balaban J connectivity index is 1.87. The van der Waals surface area contributed by atoms with Crippen LogP contribution in [0.4, 0.5) is 0 Å². The third kappa shape index (κ3) is 3.14. The summed E-state index contributed by atoms with van der Waals surface area (Å²) in [5.74, 6) is -0.181. The van der Waals surface area contributed by atoms with Gasteiger partial charge in [0.1, 0.15) is 5.56 Å². The zero-order valence-corrected chi connectivity index (χ0v) is 14.5. The summed E-state index contributed by atoms with van der Waals surface area (Å²) in [7, 11) is 0. The van der Waals surface area contributed by atoms with Gasteiger partial charge in [0.05, 0.1) is 6.04 Å². The van der Waals surface area contributed by atoms with Gasteiger partial charge in [-0.2, -0.15) is 0 Å². The van der Waals surface area contributed by atoms with Crippen LogP contribution in [0.15, 0.2) is 47.4 Å². The maximum Gasteiger partial charge on any atom is 0.260 e. The summed E-state index contributed by atoms with van der Waals surface area (Å²) >= 11 is 0. The molecule has 24 heavy (non-hydrogen) atoms. The molecule has 1 atom stereocenters. The molecule has 0 saturated carbocycles. The standard InChI is InChI=1S/C20H24N2O2/c1-20(2,3)15-10-8-14(9-11-15)17-7-5-13-22(17)19(24)16-6-4-12-21-18(16)23/h4,6,8-12,17H,5,7,13H2,1-3H3,(H,21,23)/t17-/m0/s1. The van der Waals surface area contributed by atoms with E-state index >= 15 is 0 Å². The van der Waals surface area contributed by atoms with Crippen LogP contribution in [0.5, 0.6) is 0 Å². The van der Waals surface area contributed by atoms with Crippen LogP contribution in [-0.4, -0.2) is 22.3 Å². The maximum atomic E-state index is 12.8. The van der Waals surface area contributed by atoms with Crippen LogP contribution in [0.3, 0.4) is 0 Å². The largest absolute Gasteiger partial charge is 0.331 e. The van der Waals surface area contributed by atoms with Crippen LogP contribution in [-0.2, 0) is 5.41 Å². The quantitative estimate of drug-likeness (QED) is 0.917. The van der Waals surface area contributed by atoms with Crippen LogP contribution in [0, 0.1) is 0 Å². The topological polar surface area (TPSA) is 53.2 Å². The molecule has 3 rings (SSSR count). The van der Waals surface area contributed by atoms with Gasteiger partial charge in [-0.15, -0.1) is 0 Å². The molecule has 4 heteroatoms. The molecule has 1 fully saturated rings. The molecule has 2 aromatic rings. The molecule has 1 aliphatic heterocycles. The number of amides is 1. The summed E-state index contributed by atoms with van der Waals surface area (Å²) in [5, 5.41) is 0.